The third-order valence-corrected chi connectivity index (χ3v) is 6.26. The summed E-state index contributed by atoms with van der Waals surface area (Å²) >= 11 is 0. The van der Waals surface area contributed by atoms with Gasteiger partial charge in [-0.05, 0) is 42.5 Å². The number of carbonyl (C=O) groups excluding carboxylic acids is 2. The van der Waals surface area contributed by atoms with Crippen molar-refractivity contribution in [3.8, 4) is 0 Å². The molecule has 0 aliphatic carbocycles. The van der Waals surface area contributed by atoms with Gasteiger partial charge in [0.2, 0.25) is 5.91 Å². The number of halogens is 1. The van der Waals surface area contributed by atoms with Gasteiger partial charge in [0.15, 0.2) is 0 Å². The molecule has 6 nitrogen and oxygen atoms in total. The van der Waals surface area contributed by atoms with Crippen molar-refractivity contribution in [3.05, 3.63) is 114 Å². The molecular formula is C29H28FN3O3. The van der Waals surface area contributed by atoms with Crippen molar-refractivity contribution in [1.82, 2.24) is 10.3 Å². The van der Waals surface area contributed by atoms with Crippen molar-refractivity contribution in [3.63, 3.8) is 0 Å². The van der Waals surface area contributed by atoms with Crippen molar-refractivity contribution in [2.75, 3.05) is 0 Å². The lowest BCUT2D eigenvalue weighted by molar-refractivity contribution is -0.122. The maximum absolute atomic E-state index is 14.0. The molecular weight excluding hydrogens is 457 g/mol. The number of hydrogen-bond donors (Lipinski definition) is 3. The molecule has 4 rings (SSSR count). The number of nitrogens with zero attached hydrogens (tertiary/aromatic N) is 1. The first kappa shape index (κ1) is 25.0. The van der Waals surface area contributed by atoms with Crippen LogP contribution in [0, 0.1) is 11.7 Å². The molecule has 0 saturated carbocycles. The van der Waals surface area contributed by atoms with E-state index in [-0.39, 0.29) is 17.5 Å². The normalized spacial score (nSPS) is 13.6. The van der Waals surface area contributed by atoms with Crippen LogP contribution in [0.25, 0.3) is 10.9 Å². The van der Waals surface area contributed by atoms with Gasteiger partial charge in [0.1, 0.15) is 11.3 Å². The van der Waals surface area contributed by atoms with Crippen molar-refractivity contribution in [1.29, 1.82) is 0 Å². The molecule has 3 aromatic carbocycles. The molecule has 0 bridgehead atoms. The summed E-state index contributed by atoms with van der Waals surface area (Å²) in [5.41, 5.74) is 7.94. The Morgan fingerprint density at radius 2 is 1.56 bits per heavy atom. The standard InChI is InChI=1S/C29H28FN3O3/c30-24-13-7-12-21-16-23(18-32-27(21)24)29(36)33-25(15-20-10-5-2-6-11-20)26(34)17-22(28(31)35)14-19-8-3-1-4-9-19/h1-13,16,18,22,25-26,34H,14-15,17H2,(H2,31,35)(H,33,36)/t22-,25+,26+/m1/s1. The van der Waals surface area contributed by atoms with Crippen LogP contribution in [0.4, 0.5) is 4.39 Å². The molecule has 36 heavy (non-hydrogen) atoms. The topological polar surface area (TPSA) is 105 Å². The number of aliphatic hydroxyl groups is 1. The Morgan fingerprint density at radius 1 is 0.917 bits per heavy atom. The summed E-state index contributed by atoms with van der Waals surface area (Å²) in [7, 11) is 0. The lowest BCUT2D eigenvalue weighted by Gasteiger charge is -2.27. The molecule has 7 heteroatoms. The summed E-state index contributed by atoms with van der Waals surface area (Å²) in [6.07, 6.45) is 1.10. The van der Waals surface area contributed by atoms with Crippen LogP contribution in [0.5, 0.6) is 0 Å². The minimum atomic E-state index is -1.04. The summed E-state index contributed by atoms with van der Waals surface area (Å²) in [5.74, 6) is -2.04. The summed E-state index contributed by atoms with van der Waals surface area (Å²) in [5, 5.41) is 14.6. The van der Waals surface area contributed by atoms with Crippen LogP contribution >= 0.6 is 0 Å². The van der Waals surface area contributed by atoms with E-state index >= 15 is 0 Å². The zero-order valence-electron chi connectivity index (χ0n) is 19.7. The number of rotatable bonds is 10. The van der Waals surface area contributed by atoms with E-state index in [1.54, 1.807) is 18.2 Å². The predicted octanol–water partition coefficient (Wildman–Crippen LogP) is 3.81. The summed E-state index contributed by atoms with van der Waals surface area (Å²) in [6, 6.07) is 24.3. The third kappa shape index (κ3) is 6.31. The number of benzene rings is 3. The molecule has 0 aliphatic heterocycles. The average Bonchev–Trinajstić information content (AvgIpc) is 2.89. The van der Waals surface area contributed by atoms with E-state index in [1.807, 2.05) is 60.7 Å². The fourth-order valence-electron chi connectivity index (χ4n) is 4.31. The van der Waals surface area contributed by atoms with Gasteiger partial charge in [0.25, 0.3) is 5.91 Å². The van der Waals surface area contributed by atoms with Crippen LogP contribution in [0.3, 0.4) is 0 Å². The fourth-order valence-corrected chi connectivity index (χ4v) is 4.31. The molecule has 4 N–H and O–H groups in total. The second-order valence-electron chi connectivity index (χ2n) is 8.90. The zero-order chi connectivity index (χ0) is 25.5. The largest absolute Gasteiger partial charge is 0.391 e. The number of primary amides is 1. The van der Waals surface area contributed by atoms with E-state index in [4.69, 9.17) is 5.73 Å². The van der Waals surface area contributed by atoms with Gasteiger partial charge >= 0.3 is 0 Å². The lowest BCUT2D eigenvalue weighted by atomic mass is 9.89. The van der Waals surface area contributed by atoms with Gasteiger partial charge in [-0.25, -0.2) is 4.39 Å². The third-order valence-electron chi connectivity index (χ3n) is 6.26. The molecule has 0 fully saturated rings. The maximum Gasteiger partial charge on any atom is 0.253 e. The number of para-hydroxylation sites is 1. The number of nitrogens with two attached hydrogens (primary N) is 1. The number of pyridine rings is 1. The molecule has 2 amide bonds. The second-order valence-corrected chi connectivity index (χ2v) is 8.90. The lowest BCUT2D eigenvalue weighted by Crippen LogP contribution is -2.46. The molecule has 3 atom stereocenters. The van der Waals surface area contributed by atoms with E-state index in [9.17, 15) is 19.1 Å². The maximum atomic E-state index is 14.0. The fraction of sp³-hybridized carbons (Fsp3) is 0.207. The SMILES string of the molecule is NC(=O)[C@H](Cc1ccccc1)C[C@H](O)[C@H](Cc1ccccc1)NC(=O)c1cnc2c(F)cccc2c1. The summed E-state index contributed by atoms with van der Waals surface area (Å²) in [4.78, 5) is 29.4. The highest BCUT2D eigenvalue weighted by atomic mass is 19.1. The van der Waals surface area contributed by atoms with Crippen LogP contribution in [0.2, 0.25) is 0 Å². The van der Waals surface area contributed by atoms with Gasteiger partial charge < -0.3 is 16.2 Å². The van der Waals surface area contributed by atoms with E-state index in [0.717, 1.165) is 11.1 Å². The number of hydrogen-bond acceptors (Lipinski definition) is 4. The van der Waals surface area contributed by atoms with Crippen molar-refractivity contribution in [2.45, 2.75) is 31.4 Å². The molecule has 0 unspecified atom stereocenters. The second kappa shape index (κ2) is 11.6. The highest BCUT2D eigenvalue weighted by molar-refractivity contribution is 5.97. The molecule has 1 aromatic heterocycles. The average molecular weight is 486 g/mol. The number of nitrogens with one attached hydrogen (secondary N) is 1. The monoisotopic (exact) mass is 485 g/mol. The Balaban J connectivity index is 1.55. The van der Waals surface area contributed by atoms with Crippen molar-refractivity contribution in [2.24, 2.45) is 11.7 Å². The van der Waals surface area contributed by atoms with E-state index < -0.39 is 35.7 Å². The van der Waals surface area contributed by atoms with Crippen LogP contribution in [-0.2, 0) is 17.6 Å². The first-order valence-electron chi connectivity index (χ1n) is 11.8. The highest BCUT2D eigenvalue weighted by Gasteiger charge is 2.28. The van der Waals surface area contributed by atoms with Gasteiger partial charge in [0.05, 0.1) is 17.7 Å². The van der Waals surface area contributed by atoms with Crippen LogP contribution < -0.4 is 11.1 Å². The van der Waals surface area contributed by atoms with E-state index in [0.29, 0.717) is 18.2 Å². The zero-order valence-corrected chi connectivity index (χ0v) is 19.7. The first-order valence-corrected chi connectivity index (χ1v) is 11.8. The highest BCUT2D eigenvalue weighted by Crippen LogP contribution is 2.20. The first-order chi connectivity index (χ1) is 17.4. The molecule has 0 radical (unpaired) electrons. The smallest absolute Gasteiger partial charge is 0.253 e. The molecule has 0 aliphatic rings. The number of fused-ring (bicyclic) bond motifs is 1. The Kier molecular flexibility index (Phi) is 8.02. The number of amides is 2. The van der Waals surface area contributed by atoms with E-state index in [2.05, 4.69) is 10.3 Å². The minimum absolute atomic E-state index is 0.0865. The van der Waals surface area contributed by atoms with Crippen LogP contribution in [0.15, 0.2) is 91.1 Å². The Bertz CT molecular complexity index is 1330. The Labute approximate surface area is 209 Å². The number of aromatic nitrogens is 1. The van der Waals surface area contributed by atoms with E-state index in [1.165, 1.54) is 12.3 Å². The van der Waals surface area contributed by atoms with Gasteiger partial charge in [-0.15, -0.1) is 0 Å². The summed E-state index contributed by atoms with van der Waals surface area (Å²) in [6.45, 7) is 0. The van der Waals surface area contributed by atoms with Gasteiger partial charge in [0, 0.05) is 17.5 Å². The van der Waals surface area contributed by atoms with Gasteiger partial charge in [-0.3, -0.25) is 14.6 Å². The minimum Gasteiger partial charge on any atom is -0.391 e. The molecule has 1 heterocycles. The van der Waals surface area contributed by atoms with Crippen molar-refractivity contribution >= 4 is 22.7 Å². The Morgan fingerprint density at radius 3 is 2.19 bits per heavy atom. The number of aliphatic hydroxyl groups excluding tert-OH is 1. The molecule has 0 spiro atoms. The predicted molar refractivity (Wildman–Crippen MR) is 137 cm³/mol. The molecule has 184 valence electrons. The van der Waals surface area contributed by atoms with Crippen LogP contribution in [0.1, 0.15) is 27.9 Å². The quantitative estimate of drug-likeness (QED) is 0.318. The molecule has 4 aromatic rings. The van der Waals surface area contributed by atoms with Crippen molar-refractivity contribution < 1.29 is 19.1 Å². The molecule has 0 saturated heterocycles. The Hall–Kier alpha value is -4.10. The van der Waals surface area contributed by atoms with Gasteiger partial charge in [-0.1, -0.05) is 72.8 Å². The summed E-state index contributed by atoms with van der Waals surface area (Å²) < 4.78 is 14.0. The number of carbonyl (C=O) groups is 2. The van der Waals surface area contributed by atoms with Gasteiger partial charge in [-0.2, -0.15) is 0 Å². The van der Waals surface area contributed by atoms with Crippen LogP contribution in [-0.4, -0.2) is 34.1 Å².